The number of alkyl carbamates (subject to hydrolysis) is 2. The van der Waals surface area contributed by atoms with E-state index in [-0.39, 0.29) is 31.5 Å². The molecule has 1 aliphatic heterocycles. The number of hydrogen-bond acceptors (Lipinski definition) is 12. The fourth-order valence-corrected chi connectivity index (χ4v) is 8.65. The molecule has 2 saturated carbocycles. The largest absolute Gasteiger partial charge is 0.497 e. The molecule has 306 valence electrons. The van der Waals surface area contributed by atoms with Crippen LogP contribution < -0.4 is 20.1 Å². The van der Waals surface area contributed by atoms with Gasteiger partial charge in [0.15, 0.2) is 0 Å². The average Bonchev–Trinajstić information content (AvgIpc) is 3.90. The molecule has 1 aromatic carbocycles. The molecule has 3 aliphatic rings. The van der Waals surface area contributed by atoms with Gasteiger partial charge in [0.1, 0.15) is 44.6 Å². The van der Waals surface area contributed by atoms with E-state index in [0.29, 0.717) is 63.3 Å². The van der Waals surface area contributed by atoms with Gasteiger partial charge in [-0.15, -0.1) is 0 Å². The number of thiocarbonyl (C=S) groups is 1. The third-order valence-electron chi connectivity index (χ3n) is 9.74. The van der Waals surface area contributed by atoms with Gasteiger partial charge in [-0.05, 0) is 122 Å². The summed E-state index contributed by atoms with van der Waals surface area (Å²) in [5.74, 6) is 2.66. The van der Waals surface area contributed by atoms with E-state index in [9.17, 15) is 19.2 Å². The molecule has 56 heavy (non-hydrogen) atoms. The van der Waals surface area contributed by atoms with Crippen molar-refractivity contribution in [1.82, 2.24) is 15.5 Å². The van der Waals surface area contributed by atoms with E-state index in [1.165, 1.54) is 18.2 Å². The predicted molar refractivity (Wildman–Crippen MR) is 217 cm³/mol. The molecule has 2 heterocycles. The highest BCUT2D eigenvalue weighted by molar-refractivity contribution is 8.26. The van der Waals surface area contributed by atoms with E-state index in [1.807, 2.05) is 23.1 Å². The number of nitrogens with one attached hydrogen (secondary N) is 2. The lowest BCUT2D eigenvalue weighted by Crippen LogP contribution is -2.44. The molecule has 15 heteroatoms. The zero-order chi connectivity index (χ0) is 40.8. The summed E-state index contributed by atoms with van der Waals surface area (Å²) in [6.07, 6.45) is 6.36. The van der Waals surface area contributed by atoms with Crippen molar-refractivity contribution >= 4 is 58.4 Å². The van der Waals surface area contributed by atoms with E-state index in [0.717, 1.165) is 30.4 Å². The number of carbonyl (C=O) groups excluding carboxylic acids is 4. The lowest BCUT2D eigenvalue weighted by molar-refractivity contribution is -0.146. The van der Waals surface area contributed by atoms with Crippen molar-refractivity contribution in [2.75, 3.05) is 27.4 Å². The Morgan fingerprint density at radius 2 is 1.64 bits per heavy atom. The van der Waals surface area contributed by atoms with Gasteiger partial charge in [-0.25, -0.2) is 14.4 Å². The highest BCUT2D eigenvalue weighted by Gasteiger charge is 2.48. The zero-order valence-electron chi connectivity index (χ0n) is 33.6. The van der Waals surface area contributed by atoms with E-state index >= 15 is 0 Å². The van der Waals surface area contributed by atoms with Gasteiger partial charge < -0.3 is 38.7 Å². The summed E-state index contributed by atoms with van der Waals surface area (Å²) < 4.78 is 34.3. The maximum atomic E-state index is 13.8. The van der Waals surface area contributed by atoms with Gasteiger partial charge in [0.25, 0.3) is 5.91 Å². The fraction of sp³-hybridized carbons (Fsp3) is 0.585. The number of ether oxygens (including phenoxy) is 5. The Hall–Kier alpha value is -4.24. The second kappa shape index (κ2) is 18.4. The standard InChI is InChI=1S/C41H55N3O10S2/c1-40(2,3)53-37(47)42-15-9-12-30(43-38(48)54-41(4,5)6)36(46)51-16-10-11-26-21-32(27-19-28(49-7)22-29(20-27)50-8)52-33(26)23-34-35(45)44(39(55)56-34)31-18-24-13-14-25(31)17-24/h19-25,30-31H,9-18H2,1-8H3,(H,42,47)(H,43,48)/b34-23-/t24?,25?,30-,31?/m0/s1. The zero-order valence-corrected chi connectivity index (χ0v) is 35.2. The summed E-state index contributed by atoms with van der Waals surface area (Å²) in [4.78, 5) is 54.2. The van der Waals surface area contributed by atoms with Crippen LogP contribution in [0.3, 0.4) is 0 Å². The van der Waals surface area contributed by atoms with Gasteiger partial charge >= 0.3 is 18.2 Å². The third-order valence-corrected chi connectivity index (χ3v) is 11.1. The monoisotopic (exact) mass is 813 g/mol. The van der Waals surface area contributed by atoms with Crippen molar-refractivity contribution in [1.29, 1.82) is 0 Å². The number of nitrogens with zero attached hydrogens (tertiary/aromatic N) is 1. The number of thioether (sulfide) groups is 1. The molecule has 13 nitrogen and oxygen atoms in total. The van der Waals surface area contributed by atoms with Crippen LogP contribution >= 0.6 is 24.0 Å². The SMILES string of the molecule is COc1cc(OC)cc(-c2cc(CCCOC(=O)[C@H](CCCNC(=O)OC(C)(C)C)NC(=O)OC(C)(C)C)c(/C=C3\SC(=S)N(C4CC5CCC4C5)C3=O)o2)c1. The van der Waals surface area contributed by atoms with Gasteiger partial charge in [0.2, 0.25) is 0 Å². The minimum Gasteiger partial charge on any atom is -0.497 e. The van der Waals surface area contributed by atoms with Crippen LogP contribution in [0.2, 0.25) is 0 Å². The lowest BCUT2D eigenvalue weighted by atomic mass is 9.94. The topological polar surface area (TPSA) is 155 Å². The summed E-state index contributed by atoms with van der Waals surface area (Å²) in [6, 6.07) is 6.49. The van der Waals surface area contributed by atoms with Crippen LogP contribution in [0.1, 0.15) is 97.8 Å². The third kappa shape index (κ3) is 11.7. The Morgan fingerprint density at radius 1 is 0.964 bits per heavy atom. The van der Waals surface area contributed by atoms with Crippen molar-refractivity contribution in [3.63, 3.8) is 0 Å². The van der Waals surface area contributed by atoms with Crippen molar-refractivity contribution in [2.45, 2.75) is 116 Å². The molecule has 1 aromatic heterocycles. The minimum absolute atomic E-state index is 0.0424. The Morgan fingerprint density at radius 3 is 2.25 bits per heavy atom. The van der Waals surface area contributed by atoms with Crippen LogP contribution in [-0.4, -0.2) is 83.9 Å². The fourth-order valence-electron chi connectivity index (χ4n) is 7.31. The highest BCUT2D eigenvalue weighted by atomic mass is 32.2. The van der Waals surface area contributed by atoms with E-state index < -0.39 is 35.4 Å². The number of aryl methyl sites for hydroxylation is 1. The molecule has 2 aliphatic carbocycles. The van der Waals surface area contributed by atoms with Crippen LogP contribution in [0.4, 0.5) is 9.59 Å². The van der Waals surface area contributed by atoms with Crippen molar-refractivity contribution < 1.29 is 47.3 Å². The lowest BCUT2D eigenvalue weighted by Gasteiger charge is -2.30. The van der Waals surface area contributed by atoms with Crippen LogP contribution in [0.5, 0.6) is 11.5 Å². The van der Waals surface area contributed by atoms with Gasteiger partial charge in [-0.3, -0.25) is 9.69 Å². The molecule has 3 fully saturated rings. The van der Waals surface area contributed by atoms with Crippen LogP contribution in [0, 0.1) is 11.8 Å². The van der Waals surface area contributed by atoms with E-state index in [2.05, 4.69) is 10.6 Å². The molecule has 5 rings (SSSR count). The first-order chi connectivity index (χ1) is 26.4. The smallest absolute Gasteiger partial charge is 0.408 e. The van der Waals surface area contributed by atoms with Crippen LogP contribution in [0.25, 0.3) is 17.4 Å². The molecular formula is C41H55N3O10S2. The number of benzene rings is 1. The minimum atomic E-state index is -1.01. The number of carbonyl (C=O) groups is 4. The van der Waals surface area contributed by atoms with Crippen molar-refractivity contribution in [3.05, 3.63) is 40.5 Å². The van der Waals surface area contributed by atoms with Crippen LogP contribution in [-0.2, 0) is 30.2 Å². The van der Waals surface area contributed by atoms with Crippen molar-refractivity contribution in [2.24, 2.45) is 11.8 Å². The number of furan rings is 1. The summed E-state index contributed by atoms with van der Waals surface area (Å²) in [7, 11) is 3.15. The number of methoxy groups -OCH3 is 2. The van der Waals surface area contributed by atoms with Gasteiger partial charge in [0.05, 0.1) is 25.7 Å². The Balaban J connectivity index is 1.28. The normalized spacial score (nSPS) is 20.6. The summed E-state index contributed by atoms with van der Waals surface area (Å²) in [5.41, 5.74) is 0.105. The molecule has 0 radical (unpaired) electrons. The van der Waals surface area contributed by atoms with Crippen molar-refractivity contribution in [3.8, 4) is 22.8 Å². The molecule has 4 atom stereocenters. The quantitative estimate of drug-likeness (QED) is 0.0588. The number of hydrogen-bond donors (Lipinski definition) is 2. The Labute approximate surface area is 338 Å². The van der Waals surface area contributed by atoms with Gasteiger partial charge in [0, 0.05) is 30.3 Å². The molecule has 2 bridgehead atoms. The van der Waals surface area contributed by atoms with Gasteiger partial charge in [-0.2, -0.15) is 0 Å². The van der Waals surface area contributed by atoms with E-state index in [1.54, 1.807) is 67.9 Å². The summed E-state index contributed by atoms with van der Waals surface area (Å²) >= 11 is 7.04. The molecule has 2 N–H and O–H groups in total. The molecule has 3 amide bonds. The summed E-state index contributed by atoms with van der Waals surface area (Å²) in [6.45, 7) is 10.7. The van der Waals surface area contributed by atoms with Gasteiger partial charge in [-0.1, -0.05) is 30.4 Å². The second-order valence-electron chi connectivity index (χ2n) is 16.4. The molecule has 3 unspecified atom stereocenters. The number of amides is 3. The number of fused-ring (bicyclic) bond motifs is 2. The maximum Gasteiger partial charge on any atom is 0.408 e. The number of esters is 1. The maximum absolute atomic E-state index is 13.8. The molecule has 1 saturated heterocycles. The molecular weight excluding hydrogens is 759 g/mol. The summed E-state index contributed by atoms with van der Waals surface area (Å²) in [5, 5.41) is 5.28. The second-order valence-corrected chi connectivity index (χ2v) is 18.1. The molecule has 2 aromatic rings. The molecule has 0 spiro atoms. The number of rotatable bonds is 15. The Kier molecular flexibility index (Phi) is 14.1. The van der Waals surface area contributed by atoms with E-state index in [4.69, 9.17) is 40.3 Å². The van der Waals surface area contributed by atoms with Crippen LogP contribution in [0.15, 0.2) is 33.6 Å². The predicted octanol–water partition coefficient (Wildman–Crippen LogP) is 8.03. The Bertz CT molecular complexity index is 1790. The first-order valence-corrected chi connectivity index (χ1v) is 20.4. The average molecular weight is 814 g/mol. The first kappa shape index (κ1) is 42.9. The highest BCUT2D eigenvalue weighted by Crippen LogP contribution is 2.49. The first-order valence-electron chi connectivity index (χ1n) is 19.2.